The van der Waals surface area contributed by atoms with Crippen molar-refractivity contribution in [2.45, 2.75) is 32.3 Å². The van der Waals surface area contributed by atoms with Crippen LogP contribution in [-0.2, 0) is 4.79 Å². The Hall–Kier alpha value is -1.62. The molecule has 1 fully saturated rings. The first kappa shape index (κ1) is 14.8. The van der Waals surface area contributed by atoms with E-state index < -0.39 is 11.9 Å². The Morgan fingerprint density at radius 3 is 2.75 bits per heavy atom. The van der Waals surface area contributed by atoms with Crippen LogP contribution in [0.25, 0.3) is 0 Å². The van der Waals surface area contributed by atoms with E-state index in [-0.39, 0.29) is 12.5 Å². The Morgan fingerprint density at radius 2 is 2.10 bits per heavy atom. The summed E-state index contributed by atoms with van der Waals surface area (Å²) in [5, 5.41) is 9.60. The van der Waals surface area contributed by atoms with Crippen LogP contribution in [0.15, 0.2) is 18.2 Å². The van der Waals surface area contributed by atoms with Gasteiger partial charge in [-0.15, -0.1) is 0 Å². The topological polar surface area (TPSA) is 49.8 Å². The highest BCUT2D eigenvalue weighted by Crippen LogP contribution is 2.26. The fraction of sp³-hybridized carbons (Fsp3) is 0.533. The lowest BCUT2D eigenvalue weighted by Gasteiger charge is -2.26. The van der Waals surface area contributed by atoms with Crippen molar-refractivity contribution in [2.75, 3.05) is 19.7 Å². The van der Waals surface area contributed by atoms with Crippen LogP contribution in [0.2, 0.25) is 0 Å². The van der Waals surface area contributed by atoms with Crippen molar-refractivity contribution < 1.29 is 19.0 Å². The van der Waals surface area contributed by atoms with Crippen LogP contribution in [0.1, 0.15) is 37.9 Å². The predicted molar refractivity (Wildman–Crippen MR) is 73.0 cm³/mol. The summed E-state index contributed by atoms with van der Waals surface area (Å²) < 4.78 is 18.6. The van der Waals surface area contributed by atoms with E-state index in [1.165, 1.54) is 25.1 Å². The van der Waals surface area contributed by atoms with Crippen LogP contribution in [0.4, 0.5) is 4.39 Å². The van der Waals surface area contributed by atoms with Crippen molar-refractivity contribution in [1.29, 1.82) is 0 Å². The number of aliphatic hydroxyl groups excluding tert-OH is 1. The van der Waals surface area contributed by atoms with Gasteiger partial charge in [-0.1, -0.05) is 0 Å². The zero-order valence-corrected chi connectivity index (χ0v) is 11.6. The molecule has 1 unspecified atom stereocenters. The van der Waals surface area contributed by atoms with Crippen LogP contribution < -0.4 is 4.74 Å². The molecule has 2 rings (SSSR count). The van der Waals surface area contributed by atoms with Crippen molar-refractivity contribution in [3.8, 4) is 5.75 Å². The van der Waals surface area contributed by atoms with E-state index in [2.05, 4.69) is 0 Å². The normalized spacial score (nSPS) is 16.9. The lowest BCUT2D eigenvalue weighted by molar-refractivity contribution is -0.134. The molecule has 0 aliphatic carbocycles. The molecule has 1 aliphatic heterocycles. The van der Waals surface area contributed by atoms with E-state index in [0.717, 1.165) is 32.4 Å². The summed E-state index contributed by atoms with van der Waals surface area (Å²) in [5.41, 5.74) is 0.358. The lowest BCUT2D eigenvalue weighted by Crippen LogP contribution is -2.38. The van der Waals surface area contributed by atoms with Crippen molar-refractivity contribution in [3.63, 3.8) is 0 Å². The van der Waals surface area contributed by atoms with Gasteiger partial charge in [0, 0.05) is 18.7 Å². The molecule has 0 bridgehead atoms. The molecule has 1 atom stereocenters. The number of ether oxygens (including phenoxy) is 1. The number of nitrogens with zero attached hydrogens (tertiary/aromatic N) is 1. The summed E-state index contributed by atoms with van der Waals surface area (Å²) in [7, 11) is 0. The molecule has 1 aromatic rings. The van der Waals surface area contributed by atoms with Crippen molar-refractivity contribution in [2.24, 2.45) is 0 Å². The molecule has 1 aromatic carbocycles. The first-order valence-corrected chi connectivity index (χ1v) is 6.96. The van der Waals surface area contributed by atoms with Gasteiger partial charge in [-0.3, -0.25) is 4.79 Å². The van der Waals surface area contributed by atoms with Crippen molar-refractivity contribution >= 4 is 5.91 Å². The van der Waals surface area contributed by atoms with Gasteiger partial charge in [-0.2, -0.15) is 0 Å². The zero-order chi connectivity index (χ0) is 14.5. The molecule has 1 heterocycles. The fourth-order valence-corrected chi connectivity index (χ4v) is 2.35. The molecular weight excluding hydrogens is 261 g/mol. The molecule has 0 spiro atoms. The predicted octanol–water partition coefficient (Wildman–Crippen LogP) is 2.27. The second-order valence-corrected chi connectivity index (χ2v) is 5.09. The molecule has 1 aliphatic rings. The SMILES string of the molecule is CC(O)c1cc(F)ccc1OCC(=O)N1CCCCC1. The maximum atomic E-state index is 13.2. The Morgan fingerprint density at radius 1 is 1.40 bits per heavy atom. The van der Waals surface area contributed by atoms with Gasteiger partial charge in [0.2, 0.25) is 0 Å². The first-order chi connectivity index (χ1) is 9.58. The number of carbonyl (C=O) groups is 1. The monoisotopic (exact) mass is 281 g/mol. The molecular formula is C15H20FNO3. The third kappa shape index (κ3) is 3.70. The van der Waals surface area contributed by atoms with Gasteiger partial charge in [0.1, 0.15) is 11.6 Å². The number of carbonyl (C=O) groups excluding carboxylic acids is 1. The second kappa shape index (κ2) is 6.70. The number of rotatable bonds is 4. The first-order valence-electron chi connectivity index (χ1n) is 6.96. The van der Waals surface area contributed by atoms with Gasteiger partial charge in [0.15, 0.2) is 6.61 Å². The standard InChI is InChI=1S/C15H20FNO3/c1-11(18)13-9-12(16)5-6-14(13)20-10-15(19)17-7-3-2-4-8-17/h5-6,9,11,18H,2-4,7-8,10H2,1H3. The molecule has 20 heavy (non-hydrogen) atoms. The highest BCUT2D eigenvalue weighted by atomic mass is 19.1. The summed E-state index contributed by atoms with van der Waals surface area (Å²) >= 11 is 0. The Labute approximate surface area is 118 Å². The number of benzene rings is 1. The van der Waals surface area contributed by atoms with Crippen LogP contribution in [0.5, 0.6) is 5.75 Å². The van der Waals surface area contributed by atoms with Crippen molar-refractivity contribution in [3.05, 3.63) is 29.6 Å². The van der Waals surface area contributed by atoms with E-state index in [4.69, 9.17) is 4.74 Å². The van der Waals surface area contributed by atoms with Gasteiger partial charge >= 0.3 is 0 Å². The molecule has 0 radical (unpaired) electrons. The number of halogens is 1. The number of aliphatic hydroxyl groups is 1. The number of hydrogen-bond acceptors (Lipinski definition) is 3. The smallest absolute Gasteiger partial charge is 0.260 e. The van der Waals surface area contributed by atoms with E-state index >= 15 is 0 Å². The zero-order valence-electron chi connectivity index (χ0n) is 11.6. The molecule has 0 saturated carbocycles. The maximum absolute atomic E-state index is 13.2. The number of hydrogen-bond donors (Lipinski definition) is 1. The maximum Gasteiger partial charge on any atom is 0.260 e. The lowest BCUT2D eigenvalue weighted by atomic mass is 10.1. The third-order valence-corrected chi connectivity index (χ3v) is 3.48. The quantitative estimate of drug-likeness (QED) is 0.921. The van der Waals surface area contributed by atoms with Gasteiger partial charge in [-0.25, -0.2) is 4.39 Å². The molecule has 5 heteroatoms. The Kier molecular flexibility index (Phi) is 4.95. The largest absolute Gasteiger partial charge is 0.483 e. The van der Waals surface area contributed by atoms with Crippen LogP contribution >= 0.6 is 0 Å². The minimum atomic E-state index is -0.842. The van der Waals surface area contributed by atoms with Crippen LogP contribution in [0, 0.1) is 5.82 Å². The van der Waals surface area contributed by atoms with E-state index in [0.29, 0.717) is 11.3 Å². The fourth-order valence-electron chi connectivity index (χ4n) is 2.35. The van der Waals surface area contributed by atoms with E-state index in [1.807, 2.05) is 0 Å². The average molecular weight is 281 g/mol. The molecule has 4 nitrogen and oxygen atoms in total. The molecule has 110 valence electrons. The minimum absolute atomic E-state index is 0.0643. The molecule has 1 amide bonds. The summed E-state index contributed by atoms with van der Waals surface area (Å²) in [6.07, 6.45) is 2.38. The van der Waals surface area contributed by atoms with E-state index in [9.17, 15) is 14.3 Å². The van der Waals surface area contributed by atoms with Crippen molar-refractivity contribution in [1.82, 2.24) is 4.90 Å². The van der Waals surface area contributed by atoms with E-state index in [1.54, 1.807) is 4.90 Å². The van der Waals surface area contributed by atoms with Gasteiger partial charge in [0.05, 0.1) is 6.10 Å². The molecule has 1 saturated heterocycles. The number of piperidine rings is 1. The number of likely N-dealkylation sites (tertiary alicyclic amines) is 1. The average Bonchev–Trinajstić information content (AvgIpc) is 2.46. The number of amides is 1. The van der Waals surface area contributed by atoms with Crippen LogP contribution in [0.3, 0.4) is 0 Å². The summed E-state index contributed by atoms with van der Waals surface area (Å²) in [6.45, 7) is 3.00. The van der Waals surface area contributed by atoms with Gasteiger partial charge in [0.25, 0.3) is 5.91 Å². The molecule has 0 aromatic heterocycles. The Bertz CT molecular complexity index is 470. The summed E-state index contributed by atoms with van der Waals surface area (Å²) in [5.74, 6) is -0.145. The summed E-state index contributed by atoms with van der Waals surface area (Å²) in [6, 6.07) is 3.93. The summed E-state index contributed by atoms with van der Waals surface area (Å²) in [4.78, 5) is 13.8. The Balaban J connectivity index is 1.98. The highest BCUT2D eigenvalue weighted by Gasteiger charge is 2.18. The van der Waals surface area contributed by atoms with Crippen LogP contribution in [-0.4, -0.2) is 35.6 Å². The second-order valence-electron chi connectivity index (χ2n) is 5.09. The van der Waals surface area contributed by atoms with Gasteiger partial charge < -0.3 is 14.7 Å². The van der Waals surface area contributed by atoms with Gasteiger partial charge in [-0.05, 0) is 44.4 Å². The third-order valence-electron chi connectivity index (χ3n) is 3.48. The minimum Gasteiger partial charge on any atom is -0.483 e. The highest BCUT2D eigenvalue weighted by molar-refractivity contribution is 5.77. The molecule has 1 N–H and O–H groups in total.